The summed E-state index contributed by atoms with van der Waals surface area (Å²) >= 11 is 0. The predicted octanol–water partition coefficient (Wildman–Crippen LogP) is 2.69. The summed E-state index contributed by atoms with van der Waals surface area (Å²) in [6.07, 6.45) is 5.84. The van der Waals surface area contributed by atoms with Gasteiger partial charge in [-0.1, -0.05) is 25.0 Å². The van der Waals surface area contributed by atoms with Crippen LogP contribution in [0.5, 0.6) is 0 Å². The molecule has 2 N–H and O–H groups in total. The third-order valence-corrected chi connectivity index (χ3v) is 5.89. The van der Waals surface area contributed by atoms with Crippen molar-refractivity contribution in [1.82, 2.24) is 14.1 Å². The third-order valence-electron chi connectivity index (χ3n) is 4.36. The Morgan fingerprint density at radius 3 is 2.46 bits per heavy atom. The SMILES string of the molecule is CN(C1CCCC1)S(=O)(=O)Nc1ccccc1Nc1ccn(C)n1. The molecule has 0 unspecified atom stereocenters. The molecule has 7 nitrogen and oxygen atoms in total. The summed E-state index contributed by atoms with van der Waals surface area (Å²) in [5, 5.41) is 7.41. The van der Waals surface area contributed by atoms with Crippen molar-refractivity contribution in [3.05, 3.63) is 36.5 Å². The van der Waals surface area contributed by atoms with Gasteiger partial charge in [0.15, 0.2) is 5.82 Å². The highest BCUT2D eigenvalue weighted by Gasteiger charge is 2.29. The van der Waals surface area contributed by atoms with Gasteiger partial charge in [-0.3, -0.25) is 9.40 Å². The molecular weight excluding hydrogens is 326 g/mol. The molecule has 2 aromatic rings. The number of rotatable bonds is 6. The quantitative estimate of drug-likeness (QED) is 0.840. The van der Waals surface area contributed by atoms with Crippen LogP contribution in [0.2, 0.25) is 0 Å². The maximum atomic E-state index is 12.7. The fraction of sp³-hybridized carbons (Fsp3) is 0.438. The van der Waals surface area contributed by atoms with Crippen LogP contribution in [-0.2, 0) is 17.3 Å². The minimum Gasteiger partial charge on any atom is -0.337 e. The van der Waals surface area contributed by atoms with Crippen molar-refractivity contribution in [2.24, 2.45) is 7.05 Å². The number of anilines is 3. The van der Waals surface area contributed by atoms with E-state index in [1.54, 1.807) is 23.9 Å². The molecule has 0 aliphatic heterocycles. The van der Waals surface area contributed by atoms with E-state index in [0.29, 0.717) is 17.2 Å². The number of hydrogen-bond acceptors (Lipinski definition) is 4. The summed E-state index contributed by atoms with van der Waals surface area (Å²) in [5.41, 5.74) is 1.17. The number of aromatic nitrogens is 2. The topological polar surface area (TPSA) is 79.3 Å². The zero-order valence-electron chi connectivity index (χ0n) is 13.9. The summed E-state index contributed by atoms with van der Waals surface area (Å²) < 4.78 is 31.2. The highest BCUT2D eigenvalue weighted by atomic mass is 32.2. The minimum absolute atomic E-state index is 0.0819. The summed E-state index contributed by atoms with van der Waals surface area (Å²) in [5.74, 6) is 0.660. The molecule has 1 heterocycles. The molecule has 3 rings (SSSR count). The predicted molar refractivity (Wildman–Crippen MR) is 95.5 cm³/mol. The standard InChI is InChI=1S/C16H23N5O2S/c1-20-12-11-16(18-20)17-14-9-5-6-10-15(14)19-24(22,23)21(2)13-7-3-4-8-13/h5-6,9-13,19H,3-4,7-8H2,1-2H3,(H,17,18). The van der Waals surface area contributed by atoms with Gasteiger partial charge < -0.3 is 5.32 Å². The molecule has 24 heavy (non-hydrogen) atoms. The highest BCUT2D eigenvalue weighted by Crippen LogP contribution is 2.28. The third kappa shape index (κ3) is 3.70. The van der Waals surface area contributed by atoms with E-state index in [9.17, 15) is 8.42 Å². The molecule has 1 fully saturated rings. The molecule has 1 aliphatic rings. The zero-order chi connectivity index (χ0) is 17.2. The summed E-state index contributed by atoms with van der Waals surface area (Å²) in [4.78, 5) is 0. The lowest BCUT2D eigenvalue weighted by Gasteiger charge is -2.24. The summed E-state index contributed by atoms with van der Waals surface area (Å²) in [6.45, 7) is 0. The van der Waals surface area contributed by atoms with Crippen LogP contribution in [0, 0.1) is 0 Å². The fourth-order valence-corrected chi connectivity index (χ4v) is 4.18. The summed E-state index contributed by atoms with van der Waals surface area (Å²) in [6, 6.07) is 9.13. The van der Waals surface area contributed by atoms with Crippen molar-refractivity contribution in [2.45, 2.75) is 31.7 Å². The van der Waals surface area contributed by atoms with E-state index < -0.39 is 10.2 Å². The van der Waals surface area contributed by atoms with Crippen molar-refractivity contribution in [2.75, 3.05) is 17.1 Å². The van der Waals surface area contributed by atoms with E-state index in [1.807, 2.05) is 31.4 Å². The first-order valence-corrected chi connectivity index (χ1v) is 9.51. The first-order valence-electron chi connectivity index (χ1n) is 8.07. The molecule has 0 amide bonds. The van der Waals surface area contributed by atoms with E-state index >= 15 is 0 Å². The lowest BCUT2D eigenvalue weighted by Crippen LogP contribution is -2.39. The minimum atomic E-state index is -3.59. The molecule has 0 spiro atoms. The van der Waals surface area contributed by atoms with Gasteiger partial charge in [0, 0.05) is 32.4 Å². The second-order valence-corrected chi connectivity index (χ2v) is 7.84. The first-order chi connectivity index (χ1) is 11.5. The Labute approximate surface area is 142 Å². The van der Waals surface area contributed by atoms with E-state index in [2.05, 4.69) is 15.1 Å². The molecule has 0 radical (unpaired) electrons. The van der Waals surface area contributed by atoms with E-state index in [4.69, 9.17) is 0 Å². The molecule has 130 valence electrons. The smallest absolute Gasteiger partial charge is 0.301 e. The molecule has 8 heteroatoms. The molecule has 1 aliphatic carbocycles. The van der Waals surface area contributed by atoms with Crippen LogP contribution in [0.4, 0.5) is 17.2 Å². The van der Waals surface area contributed by atoms with Crippen molar-refractivity contribution in [3.63, 3.8) is 0 Å². The van der Waals surface area contributed by atoms with Gasteiger partial charge in [-0.25, -0.2) is 0 Å². The van der Waals surface area contributed by atoms with E-state index in [-0.39, 0.29) is 6.04 Å². The van der Waals surface area contributed by atoms with Crippen LogP contribution in [0.25, 0.3) is 0 Å². The monoisotopic (exact) mass is 349 g/mol. The first kappa shape index (κ1) is 16.8. The van der Waals surface area contributed by atoms with Gasteiger partial charge in [-0.05, 0) is 25.0 Å². The number of nitrogens with zero attached hydrogens (tertiary/aromatic N) is 3. The lowest BCUT2D eigenvalue weighted by atomic mass is 10.3. The fourth-order valence-electron chi connectivity index (χ4n) is 2.98. The lowest BCUT2D eigenvalue weighted by molar-refractivity contribution is 0.376. The van der Waals surface area contributed by atoms with Gasteiger partial charge in [0.2, 0.25) is 0 Å². The van der Waals surface area contributed by atoms with Crippen LogP contribution in [0.1, 0.15) is 25.7 Å². The van der Waals surface area contributed by atoms with Gasteiger partial charge in [0.1, 0.15) is 0 Å². The number of benzene rings is 1. The maximum absolute atomic E-state index is 12.7. The van der Waals surface area contributed by atoms with Crippen LogP contribution in [0.15, 0.2) is 36.5 Å². The van der Waals surface area contributed by atoms with Crippen molar-refractivity contribution in [3.8, 4) is 0 Å². The van der Waals surface area contributed by atoms with Crippen molar-refractivity contribution >= 4 is 27.4 Å². The Morgan fingerprint density at radius 1 is 1.17 bits per heavy atom. The molecule has 0 atom stereocenters. The van der Waals surface area contributed by atoms with Crippen LogP contribution in [-0.4, -0.2) is 35.6 Å². The van der Waals surface area contributed by atoms with E-state index in [0.717, 1.165) is 25.7 Å². The Hall–Kier alpha value is -2.06. The number of aryl methyl sites for hydroxylation is 1. The van der Waals surface area contributed by atoms with E-state index in [1.165, 1.54) is 4.31 Å². The number of hydrogen-bond donors (Lipinski definition) is 2. The van der Waals surface area contributed by atoms with Gasteiger partial charge in [0.05, 0.1) is 11.4 Å². The van der Waals surface area contributed by atoms with Crippen LogP contribution >= 0.6 is 0 Å². The Morgan fingerprint density at radius 2 is 1.83 bits per heavy atom. The zero-order valence-corrected chi connectivity index (χ0v) is 14.8. The van der Waals surface area contributed by atoms with Crippen LogP contribution < -0.4 is 10.0 Å². The Bertz CT molecular complexity index is 796. The second-order valence-electron chi connectivity index (χ2n) is 6.11. The molecule has 1 aromatic carbocycles. The molecule has 0 saturated heterocycles. The number of para-hydroxylation sites is 2. The molecule has 0 bridgehead atoms. The average molecular weight is 349 g/mol. The Balaban J connectivity index is 1.79. The highest BCUT2D eigenvalue weighted by molar-refractivity contribution is 7.90. The second kappa shape index (κ2) is 6.82. The van der Waals surface area contributed by atoms with Gasteiger partial charge in [-0.2, -0.15) is 17.8 Å². The molecular formula is C16H23N5O2S. The van der Waals surface area contributed by atoms with Gasteiger partial charge in [0.25, 0.3) is 0 Å². The van der Waals surface area contributed by atoms with Gasteiger partial charge >= 0.3 is 10.2 Å². The summed E-state index contributed by atoms with van der Waals surface area (Å²) in [7, 11) is -0.113. The molecule has 1 saturated carbocycles. The Kier molecular flexibility index (Phi) is 4.77. The molecule has 1 aromatic heterocycles. The normalized spacial score (nSPS) is 15.8. The van der Waals surface area contributed by atoms with Crippen molar-refractivity contribution < 1.29 is 8.42 Å². The maximum Gasteiger partial charge on any atom is 0.301 e. The largest absolute Gasteiger partial charge is 0.337 e. The number of nitrogens with one attached hydrogen (secondary N) is 2. The van der Waals surface area contributed by atoms with Crippen LogP contribution in [0.3, 0.4) is 0 Å². The van der Waals surface area contributed by atoms with Gasteiger partial charge in [-0.15, -0.1) is 0 Å². The average Bonchev–Trinajstić information content (AvgIpc) is 3.20. The van der Waals surface area contributed by atoms with Crippen molar-refractivity contribution in [1.29, 1.82) is 0 Å².